The molecule has 3 aromatic carbocycles. The van der Waals surface area contributed by atoms with Gasteiger partial charge in [-0.3, -0.25) is 9.10 Å². The van der Waals surface area contributed by atoms with Crippen molar-refractivity contribution >= 4 is 33.2 Å². The van der Waals surface area contributed by atoms with Crippen molar-refractivity contribution in [3.63, 3.8) is 0 Å². The van der Waals surface area contributed by atoms with Crippen LogP contribution in [0.3, 0.4) is 0 Å². The van der Waals surface area contributed by atoms with E-state index >= 15 is 0 Å². The molecule has 196 valence electrons. The average molecular weight is 543 g/mol. The number of halogens is 1. The summed E-state index contributed by atoms with van der Waals surface area (Å²) >= 11 is 6.04. The molecule has 0 spiro atoms. The monoisotopic (exact) mass is 542 g/mol. The second-order valence-electron chi connectivity index (χ2n) is 9.03. The predicted octanol–water partition coefficient (Wildman–Crippen LogP) is 5.31. The molecule has 1 N–H and O–H groups in total. The first-order valence-corrected chi connectivity index (χ1v) is 14.0. The zero-order valence-corrected chi connectivity index (χ0v) is 22.7. The Balaban J connectivity index is 1.60. The Morgan fingerprint density at radius 1 is 0.946 bits per heavy atom. The Hall–Kier alpha value is -3.23. The minimum atomic E-state index is -4.14. The predicted molar refractivity (Wildman–Crippen MR) is 145 cm³/mol. The zero-order chi connectivity index (χ0) is 26.6. The molecule has 0 aliphatic heterocycles. The lowest BCUT2D eigenvalue weighted by Gasteiger charge is -2.26. The number of hydrogen-bond acceptors (Lipinski definition) is 5. The number of methoxy groups -OCH3 is 2. The summed E-state index contributed by atoms with van der Waals surface area (Å²) in [6.07, 6.45) is 4.49. The fraction of sp³-hybridized carbons (Fsp3) is 0.321. The van der Waals surface area contributed by atoms with E-state index in [1.807, 2.05) is 13.0 Å². The van der Waals surface area contributed by atoms with Gasteiger partial charge in [0.2, 0.25) is 5.91 Å². The molecule has 0 radical (unpaired) electrons. The lowest BCUT2D eigenvalue weighted by atomic mass is 9.89. The molecule has 3 aromatic rings. The van der Waals surface area contributed by atoms with Crippen LogP contribution in [0.1, 0.15) is 42.5 Å². The SMILES string of the molecule is COc1ccc(S(=O)(=O)N(CC(=O)N[C@@H](C)c2ccc3c(c2)CCCC3)c2ccc(Cl)cc2)cc1OC. The Kier molecular flexibility index (Phi) is 8.29. The molecule has 1 aliphatic rings. The average Bonchev–Trinajstić information content (AvgIpc) is 2.91. The molecule has 1 amide bonds. The number of fused-ring (bicyclic) bond motifs is 1. The van der Waals surface area contributed by atoms with Crippen molar-refractivity contribution < 1.29 is 22.7 Å². The van der Waals surface area contributed by atoms with Crippen LogP contribution in [0.5, 0.6) is 11.5 Å². The van der Waals surface area contributed by atoms with Gasteiger partial charge in [0.1, 0.15) is 6.54 Å². The third-order valence-corrected chi connectivity index (χ3v) is 8.62. The van der Waals surface area contributed by atoms with Crippen molar-refractivity contribution in [2.45, 2.75) is 43.5 Å². The molecule has 37 heavy (non-hydrogen) atoms. The maximum Gasteiger partial charge on any atom is 0.264 e. The molecule has 0 unspecified atom stereocenters. The molecule has 9 heteroatoms. The normalized spacial score (nSPS) is 13.8. The topological polar surface area (TPSA) is 84.9 Å². The van der Waals surface area contributed by atoms with Crippen LogP contribution < -0.4 is 19.1 Å². The maximum atomic E-state index is 13.8. The van der Waals surface area contributed by atoms with Gasteiger partial charge in [-0.1, -0.05) is 29.8 Å². The highest BCUT2D eigenvalue weighted by molar-refractivity contribution is 7.92. The van der Waals surface area contributed by atoms with Gasteiger partial charge in [-0.2, -0.15) is 0 Å². The number of nitrogens with zero attached hydrogens (tertiary/aromatic N) is 1. The van der Waals surface area contributed by atoms with Gasteiger partial charge in [-0.05, 0) is 85.7 Å². The summed E-state index contributed by atoms with van der Waals surface area (Å²) in [7, 11) is -1.23. The molecule has 0 aromatic heterocycles. The van der Waals surface area contributed by atoms with Gasteiger partial charge in [0.05, 0.1) is 30.8 Å². The van der Waals surface area contributed by atoms with Gasteiger partial charge in [0.15, 0.2) is 11.5 Å². The standard InChI is InChI=1S/C28H31ClN2O5S/c1-19(21-9-8-20-6-4-5-7-22(20)16-21)30-28(32)18-31(24-12-10-23(29)11-13-24)37(33,34)25-14-15-26(35-2)27(17-25)36-3/h8-17,19H,4-7,18H2,1-3H3,(H,30,32)/t19-/m0/s1. The first kappa shape index (κ1) is 26.8. The van der Waals surface area contributed by atoms with E-state index < -0.39 is 22.5 Å². The van der Waals surface area contributed by atoms with Crippen LogP contribution >= 0.6 is 11.6 Å². The van der Waals surface area contributed by atoms with E-state index in [1.54, 1.807) is 24.3 Å². The van der Waals surface area contributed by atoms with E-state index in [9.17, 15) is 13.2 Å². The van der Waals surface area contributed by atoms with E-state index in [4.69, 9.17) is 21.1 Å². The maximum absolute atomic E-state index is 13.8. The number of ether oxygens (including phenoxy) is 2. The highest BCUT2D eigenvalue weighted by atomic mass is 35.5. The molecule has 1 atom stereocenters. The molecule has 4 rings (SSSR count). The summed E-state index contributed by atoms with van der Waals surface area (Å²) in [4.78, 5) is 13.1. The van der Waals surface area contributed by atoms with Crippen LogP contribution in [-0.4, -0.2) is 35.1 Å². The number of carbonyl (C=O) groups excluding carboxylic acids is 1. The Labute approximate surface area is 223 Å². The third-order valence-electron chi connectivity index (χ3n) is 6.59. The summed E-state index contributed by atoms with van der Waals surface area (Å²) in [6, 6.07) is 16.7. The summed E-state index contributed by atoms with van der Waals surface area (Å²) < 4.78 is 39.1. The zero-order valence-electron chi connectivity index (χ0n) is 21.2. The number of amides is 1. The van der Waals surface area contributed by atoms with E-state index in [1.165, 1.54) is 56.4 Å². The Bertz CT molecular complexity index is 1380. The van der Waals surface area contributed by atoms with E-state index in [0.717, 1.165) is 22.7 Å². The first-order valence-electron chi connectivity index (χ1n) is 12.1. The van der Waals surface area contributed by atoms with Crippen LogP contribution in [0.25, 0.3) is 0 Å². The van der Waals surface area contributed by atoms with Gasteiger partial charge in [0, 0.05) is 11.1 Å². The van der Waals surface area contributed by atoms with Gasteiger partial charge in [0.25, 0.3) is 10.0 Å². The summed E-state index contributed by atoms with van der Waals surface area (Å²) in [5, 5.41) is 3.42. The van der Waals surface area contributed by atoms with Crippen LogP contribution in [0, 0.1) is 0 Å². The largest absolute Gasteiger partial charge is 0.493 e. The number of anilines is 1. The van der Waals surface area contributed by atoms with Crippen molar-refractivity contribution in [3.8, 4) is 11.5 Å². The fourth-order valence-corrected chi connectivity index (χ4v) is 6.11. The van der Waals surface area contributed by atoms with E-state index in [2.05, 4.69) is 17.4 Å². The van der Waals surface area contributed by atoms with Crippen molar-refractivity contribution in [2.75, 3.05) is 25.1 Å². The minimum Gasteiger partial charge on any atom is -0.493 e. The minimum absolute atomic E-state index is 0.0318. The number of carbonyl (C=O) groups is 1. The van der Waals surface area contributed by atoms with Crippen molar-refractivity contribution in [1.82, 2.24) is 5.32 Å². The number of aryl methyl sites for hydroxylation is 2. The number of sulfonamides is 1. The van der Waals surface area contributed by atoms with Crippen LogP contribution in [0.4, 0.5) is 5.69 Å². The smallest absolute Gasteiger partial charge is 0.264 e. The van der Waals surface area contributed by atoms with Crippen LogP contribution in [-0.2, 0) is 27.7 Å². The van der Waals surface area contributed by atoms with Gasteiger partial charge in [-0.25, -0.2) is 8.42 Å². The van der Waals surface area contributed by atoms with E-state index in [0.29, 0.717) is 16.5 Å². The molecule has 0 fully saturated rings. The highest BCUT2D eigenvalue weighted by Crippen LogP contribution is 2.32. The number of nitrogens with one attached hydrogen (secondary N) is 1. The van der Waals surface area contributed by atoms with Gasteiger partial charge < -0.3 is 14.8 Å². The molecular formula is C28H31ClN2O5S. The molecule has 7 nitrogen and oxygen atoms in total. The van der Waals surface area contributed by atoms with E-state index in [-0.39, 0.29) is 16.7 Å². The van der Waals surface area contributed by atoms with Crippen LogP contribution in [0.2, 0.25) is 5.02 Å². The Morgan fingerprint density at radius 3 is 2.30 bits per heavy atom. The number of hydrogen-bond donors (Lipinski definition) is 1. The van der Waals surface area contributed by atoms with Crippen molar-refractivity contribution in [3.05, 3.63) is 82.4 Å². The molecule has 0 saturated heterocycles. The third kappa shape index (κ3) is 6.02. The molecular weight excluding hydrogens is 512 g/mol. The molecule has 0 heterocycles. The Morgan fingerprint density at radius 2 is 1.62 bits per heavy atom. The summed E-state index contributed by atoms with van der Waals surface area (Å²) in [5.74, 6) is 0.241. The van der Waals surface area contributed by atoms with Crippen LogP contribution in [0.15, 0.2) is 65.6 Å². The first-order chi connectivity index (χ1) is 17.7. The highest BCUT2D eigenvalue weighted by Gasteiger charge is 2.29. The molecule has 0 bridgehead atoms. The molecule has 0 saturated carbocycles. The second-order valence-corrected chi connectivity index (χ2v) is 11.3. The number of rotatable bonds is 9. The van der Waals surface area contributed by atoms with Crippen molar-refractivity contribution in [2.24, 2.45) is 0 Å². The summed E-state index contributed by atoms with van der Waals surface area (Å²) in [6.45, 7) is 1.49. The second kappa shape index (κ2) is 11.4. The van der Waals surface area contributed by atoms with Crippen molar-refractivity contribution in [1.29, 1.82) is 0 Å². The van der Waals surface area contributed by atoms with Gasteiger partial charge >= 0.3 is 0 Å². The lowest BCUT2D eigenvalue weighted by molar-refractivity contribution is -0.120. The number of benzene rings is 3. The van der Waals surface area contributed by atoms with Gasteiger partial charge in [-0.15, -0.1) is 0 Å². The lowest BCUT2D eigenvalue weighted by Crippen LogP contribution is -2.41. The quantitative estimate of drug-likeness (QED) is 0.396. The summed E-state index contributed by atoms with van der Waals surface area (Å²) in [5.41, 5.74) is 4.00. The fourth-order valence-electron chi connectivity index (χ4n) is 4.55. The molecule has 1 aliphatic carbocycles.